The maximum Gasteiger partial charge on any atom is 0.310 e. The van der Waals surface area contributed by atoms with E-state index in [1.165, 1.54) is 0 Å². The van der Waals surface area contributed by atoms with Gasteiger partial charge in [-0.15, -0.1) is 10.2 Å². The number of fused-ring (bicyclic) bond motifs is 1. The Hall–Kier alpha value is -1.98. The fourth-order valence-corrected chi connectivity index (χ4v) is 2.09. The minimum atomic E-state index is -0.784. The van der Waals surface area contributed by atoms with Gasteiger partial charge < -0.3 is 5.11 Å². The molecule has 2 aromatic rings. The molecule has 0 amide bonds. The van der Waals surface area contributed by atoms with Crippen molar-refractivity contribution in [2.45, 2.75) is 33.1 Å². The highest BCUT2D eigenvalue weighted by Gasteiger charge is 2.36. The Morgan fingerprint density at radius 2 is 2.11 bits per heavy atom. The van der Waals surface area contributed by atoms with Crippen LogP contribution in [0.4, 0.5) is 0 Å². The van der Waals surface area contributed by atoms with Crippen molar-refractivity contribution in [1.29, 1.82) is 0 Å². The molecule has 0 atom stereocenters. The lowest BCUT2D eigenvalue weighted by molar-refractivity contribution is -0.149. The summed E-state index contributed by atoms with van der Waals surface area (Å²) in [6, 6.07) is 1.75. The molecule has 0 bridgehead atoms. The molecule has 0 unspecified atom stereocenters. The molecule has 0 saturated carbocycles. The predicted molar refractivity (Wildman–Crippen MR) is 65.1 cm³/mol. The SMILES string of the molecule is CCC(CC)(Cc1nnc2ccncn12)C(=O)O. The van der Waals surface area contributed by atoms with Gasteiger partial charge >= 0.3 is 5.97 Å². The van der Waals surface area contributed by atoms with Gasteiger partial charge in [0.1, 0.15) is 12.2 Å². The Balaban J connectivity index is 2.40. The fraction of sp³-hybridized carbons (Fsp3) is 0.500. The number of aliphatic carboxylic acids is 1. The third-order valence-corrected chi connectivity index (χ3v) is 3.59. The van der Waals surface area contributed by atoms with Crippen LogP contribution in [0, 0.1) is 5.41 Å². The zero-order valence-electron chi connectivity index (χ0n) is 10.5. The lowest BCUT2D eigenvalue weighted by Gasteiger charge is -2.25. The summed E-state index contributed by atoms with van der Waals surface area (Å²) < 4.78 is 1.74. The predicted octanol–water partition coefficient (Wildman–Crippen LogP) is 1.56. The zero-order chi connectivity index (χ0) is 13.2. The molecule has 0 radical (unpaired) electrons. The van der Waals surface area contributed by atoms with Gasteiger partial charge in [0.15, 0.2) is 5.65 Å². The quantitative estimate of drug-likeness (QED) is 0.868. The van der Waals surface area contributed by atoms with Crippen LogP contribution in [0.2, 0.25) is 0 Å². The highest BCUT2D eigenvalue weighted by atomic mass is 16.4. The number of hydrogen-bond donors (Lipinski definition) is 1. The van der Waals surface area contributed by atoms with Crippen molar-refractivity contribution in [2.75, 3.05) is 0 Å². The molecule has 18 heavy (non-hydrogen) atoms. The molecule has 2 rings (SSSR count). The topological polar surface area (TPSA) is 80.4 Å². The van der Waals surface area contributed by atoms with E-state index in [4.69, 9.17) is 0 Å². The molecule has 0 aromatic carbocycles. The minimum absolute atomic E-state index is 0.363. The van der Waals surface area contributed by atoms with Crippen molar-refractivity contribution in [1.82, 2.24) is 19.6 Å². The molecular formula is C12H16N4O2. The Kier molecular flexibility index (Phi) is 3.27. The Morgan fingerprint density at radius 3 is 2.72 bits per heavy atom. The van der Waals surface area contributed by atoms with Gasteiger partial charge in [0, 0.05) is 18.7 Å². The molecular weight excluding hydrogens is 232 g/mol. The first-order valence-electron chi connectivity index (χ1n) is 6.00. The van der Waals surface area contributed by atoms with Gasteiger partial charge in [0.25, 0.3) is 0 Å². The molecule has 0 fully saturated rings. The highest BCUT2D eigenvalue weighted by molar-refractivity contribution is 5.74. The third-order valence-electron chi connectivity index (χ3n) is 3.59. The van der Waals surface area contributed by atoms with E-state index < -0.39 is 11.4 Å². The van der Waals surface area contributed by atoms with Gasteiger partial charge in [0.05, 0.1) is 5.41 Å². The summed E-state index contributed by atoms with van der Waals surface area (Å²) in [4.78, 5) is 15.5. The van der Waals surface area contributed by atoms with Gasteiger partial charge in [-0.3, -0.25) is 9.20 Å². The van der Waals surface area contributed by atoms with Crippen LogP contribution in [0.15, 0.2) is 18.6 Å². The van der Waals surface area contributed by atoms with Crippen LogP contribution < -0.4 is 0 Å². The van der Waals surface area contributed by atoms with E-state index in [9.17, 15) is 9.90 Å². The molecule has 0 aliphatic heterocycles. The second-order valence-electron chi connectivity index (χ2n) is 4.39. The van der Waals surface area contributed by atoms with Gasteiger partial charge in [-0.25, -0.2) is 4.98 Å². The maximum absolute atomic E-state index is 11.5. The highest BCUT2D eigenvalue weighted by Crippen LogP contribution is 2.30. The van der Waals surface area contributed by atoms with E-state index in [-0.39, 0.29) is 0 Å². The smallest absolute Gasteiger partial charge is 0.310 e. The first-order chi connectivity index (χ1) is 8.63. The summed E-state index contributed by atoms with van der Waals surface area (Å²) in [7, 11) is 0. The van der Waals surface area contributed by atoms with Crippen molar-refractivity contribution < 1.29 is 9.90 Å². The summed E-state index contributed by atoms with van der Waals surface area (Å²) in [5.41, 5.74) is -0.0924. The number of hydrogen-bond acceptors (Lipinski definition) is 4. The largest absolute Gasteiger partial charge is 0.481 e. The molecule has 2 heterocycles. The second-order valence-corrected chi connectivity index (χ2v) is 4.39. The van der Waals surface area contributed by atoms with Crippen LogP contribution in [0.5, 0.6) is 0 Å². The average Bonchev–Trinajstić information content (AvgIpc) is 2.79. The molecule has 0 aliphatic rings. The summed E-state index contributed by atoms with van der Waals surface area (Å²) in [6.45, 7) is 3.78. The average molecular weight is 248 g/mol. The van der Waals surface area contributed by atoms with Gasteiger partial charge in [-0.1, -0.05) is 13.8 Å². The minimum Gasteiger partial charge on any atom is -0.481 e. The van der Waals surface area contributed by atoms with E-state index in [1.807, 2.05) is 13.8 Å². The van der Waals surface area contributed by atoms with Gasteiger partial charge in [-0.05, 0) is 12.8 Å². The van der Waals surface area contributed by atoms with Crippen LogP contribution in [-0.4, -0.2) is 30.7 Å². The summed E-state index contributed by atoms with van der Waals surface area (Å²) in [5, 5.41) is 17.5. The number of carboxylic acid groups (broad SMARTS) is 1. The molecule has 6 heteroatoms. The second kappa shape index (κ2) is 4.72. The van der Waals surface area contributed by atoms with E-state index in [0.717, 1.165) is 0 Å². The standard InChI is InChI=1S/C12H16N4O2/c1-3-12(4-2,11(17)18)7-10-15-14-9-5-6-13-8-16(9)10/h5-6,8H,3-4,7H2,1-2H3,(H,17,18). The lowest BCUT2D eigenvalue weighted by Crippen LogP contribution is -2.32. The van der Waals surface area contributed by atoms with E-state index in [0.29, 0.717) is 30.7 Å². The number of aromatic nitrogens is 4. The van der Waals surface area contributed by atoms with Crippen molar-refractivity contribution >= 4 is 11.6 Å². The maximum atomic E-state index is 11.5. The van der Waals surface area contributed by atoms with Gasteiger partial charge in [0.2, 0.25) is 0 Å². The molecule has 2 aromatic heterocycles. The van der Waals surface area contributed by atoms with Crippen molar-refractivity contribution in [2.24, 2.45) is 5.41 Å². The van der Waals surface area contributed by atoms with Crippen LogP contribution in [-0.2, 0) is 11.2 Å². The van der Waals surface area contributed by atoms with Gasteiger partial charge in [-0.2, -0.15) is 0 Å². The number of nitrogens with zero attached hydrogens (tertiary/aromatic N) is 4. The molecule has 6 nitrogen and oxygen atoms in total. The van der Waals surface area contributed by atoms with Crippen molar-refractivity contribution in [3.05, 3.63) is 24.4 Å². The monoisotopic (exact) mass is 248 g/mol. The van der Waals surface area contributed by atoms with Crippen LogP contribution in [0.25, 0.3) is 5.65 Å². The number of carbonyl (C=O) groups is 1. The Morgan fingerprint density at radius 1 is 1.39 bits per heavy atom. The third kappa shape index (κ3) is 1.94. The Labute approximate surface area is 105 Å². The van der Waals surface area contributed by atoms with E-state index in [2.05, 4.69) is 15.2 Å². The summed E-state index contributed by atoms with van der Waals surface area (Å²) >= 11 is 0. The van der Waals surface area contributed by atoms with Crippen molar-refractivity contribution in [3.8, 4) is 0 Å². The molecule has 0 aliphatic carbocycles. The van der Waals surface area contributed by atoms with Crippen molar-refractivity contribution in [3.63, 3.8) is 0 Å². The normalized spacial score (nSPS) is 11.9. The number of carboxylic acids is 1. The van der Waals surface area contributed by atoms with E-state index >= 15 is 0 Å². The summed E-state index contributed by atoms with van der Waals surface area (Å²) in [5.74, 6) is -0.141. The first kappa shape index (κ1) is 12.5. The summed E-state index contributed by atoms with van der Waals surface area (Å²) in [6.07, 6.45) is 4.74. The Bertz CT molecular complexity index is 560. The molecule has 1 N–H and O–H groups in total. The first-order valence-corrected chi connectivity index (χ1v) is 6.00. The zero-order valence-corrected chi connectivity index (χ0v) is 10.5. The molecule has 96 valence electrons. The van der Waals surface area contributed by atoms with E-state index in [1.54, 1.807) is 23.0 Å². The molecule has 0 saturated heterocycles. The molecule has 0 spiro atoms. The lowest BCUT2D eigenvalue weighted by atomic mass is 9.79. The fourth-order valence-electron chi connectivity index (χ4n) is 2.09. The van der Waals surface area contributed by atoms with Crippen LogP contribution >= 0.6 is 0 Å². The van der Waals surface area contributed by atoms with Crippen LogP contribution in [0.1, 0.15) is 32.5 Å². The van der Waals surface area contributed by atoms with Crippen LogP contribution in [0.3, 0.4) is 0 Å². The number of rotatable bonds is 5.